The molecule has 0 aliphatic heterocycles. The van der Waals surface area contributed by atoms with Gasteiger partial charge in [0.1, 0.15) is 17.3 Å². The first-order chi connectivity index (χ1) is 34.8. The minimum absolute atomic E-state index is 0.0465. The van der Waals surface area contributed by atoms with Crippen molar-refractivity contribution in [2.75, 3.05) is 0 Å². The number of benzene rings is 7. The zero-order valence-electron chi connectivity index (χ0n) is 47.0. The molecule has 0 fully saturated rings. The number of para-hydroxylation sites is 3. The maximum absolute atomic E-state index is 8.64. The zero-order chi connectivity index (χ0) is 53.0. The fourth-order valence-electron chi connectivity index (χ4n) is 8.90. The third-order valence-electron chi connectivity index (χ3n) is 12.5. The Balaban J connectivity index is 1.10. The van der Waals surface area contributed by atoms with Gasteiger partial charge >= 0.3 is 0 Å². The van der Waals surface area contributed by atoms with Crippen LogP contribution in [0.3, 0.4) is 0 Å². The van der Waals surface area contributed by atoms with Gasteiger partial charge in [-0.1, -0.05) is 177 Å². The lowest BCUT2D eigenvalue weighted by atomic mass is 9.77. The van der Waals surface area contributed by atoms with E-state index in [1.165, 1.54) is 29.0 Å². The maximum atomic E-state index is 8.64. The van der Waals surface area contributed by atoms with E-state index in [9.17, 15) is 0 Å². The quantitative estimate of drug-likeness (QED) is 0.118. The average molecular weight is 871 g/mol. The molecule has 0 bridgehead atoms. The Labute approximate surface area is 400 Å². The summed E-state index contributed by atoms with van der Waals surface area (Å²) in [6, 6.07) is 42.2. The van der Waals surface area contributed by atoms with E-state index in [1.54, 1.807) is 0 Å². The van der Waals surface area contributed by atoms with Crippen molar-refractivity contribution in [1.29, 1.82) is 0 Å². The van der Waals surface area contributed by atoms with E-state index < -0.39 is 37.1 Å². The molecule has 0 atom stereocenters. The Morgan fingerprint density at radius 3 is 2.06 bits per heavy atom. The van der Waals surface area contributed by atoms with Crippen LogP contribution >= 0.6 is 0 Å². The highest BCUT2D eigenvalue weighted by molar-refractivity contribution is 6.09. The molecular weight excluding hydrogens is 805 g/mol. The van der Waals surface area contributed by atoms with Crippen molar-refractivity contribution < 1.29 is 20.3 Å². The Bertz CT molecular complexity index is 3850. The summed E-state index contributed by atoms with van der Waals surface area (Å²) in [4.78, 5) is 4.74. The maximum Gasteiger partial charge on any atom is 0.269 e. The van der Waals surface area contributed by atoms with Crippen molar-refractivity contribution in [1.82, 2.24) is 14.1 Å². The molecular formula is C61H58N4O. The second-order valence-electron chi connectivity index (χ2n) is 20.2. The highest BCUT2D eigenvalue weighted by atomic mass is 16.5. The molecule has 7 aromatic carbocycles. The fourth-order valence-corrected chi connectivity index (χ4v) is 8.90. The number of imidazole rings is 1. The van der Waals surface area contributed by atoms with Gasteiger partial charge in [-0.05, 0) is 105 Å². The Hall–Kier alpha value is -7.24. The third-order valence-corrected chi connectivity index (χ3v) is 12.5. The van der Waals surface area contributed by atoms with Crippen LogP contribution in [0, 0.1) is 13.2 Å². The number of nitrogens with zero attached hydrogens (tertiary/aromatic N) is 4. The summed E-state index contributed by atoms with van der Waals surface area (Å²) in [5.41, 5.74) is 10.5. The van der Waals surface area contributed by atoms with Crippen LogP contribution in [0.15, 0.2) is 170 Å². The first kappa shape index (κ1) is 34.2. The predicted molar refractivity (Wildman–Crippen MR) is 274 cm³/mol. The van der Waals surface area contributed by atoms with E-state index in [1.807, 2.05) is 77.4 Å². The molecule has 0 N–H and O–H groups in total. The second-order valence-corrected chi connectivity index (χ2v) is 20.2. The van der Waals surface area contributed by atoms with Crippen LogP contribution in [0.1, 0.15) is 95.5 Å². The van der Waals surface area contributed by atoms with Crippen LogP contribution in [-0.4, -0.2) is 14.1 Å². The van der Waals surface area contributed by atoms with Crippen LogP contribution in [-0.2, 0) is 16.2 Å². The fraction of sp³-hybridized carbons (Fsp3) is 0.213. The normalized spacial score (nSPS) is 14.3. The number of hydrogen-bond donors (Lipinski definition) is 0. The molecule has 5 heteroatoms. The summed E-state index contributed by atoms with van der Waals surface area (Å²) in [5.74, 6) is 1.38. The predicted octanol–water partition coefficient (Wildman–Crippen LogP) is 15.5. The molecule has 0 amide bonds. The SMILES string of the molecule is [2H]c1c([2H])c([2H])c(-c2cnc(-n3c4ccccc4c4ccc(Oc5cccc(-n6[c-][n+](-c7c(-c8cccc(C(C)(C)C)c8)cc(C(C)(C)C)cc7C(C)(C)C)c7ccccc76)c5)cc43)cc2C([2H])([2H])[2H])c([2H])c1[2H]. The lowest BCUT2D eigenvalue weighted by molar-refractivity contribution is -0.572. The first-order valence-corrected chi connectivity index (χ1v) is 22.5. The van der Waals surface area contributed by atoms with Crippen LogP contribution in [0.5, 0.6) is 11.5 Å². The van der Waals surface area contributed by atoms with E-state index in [0.717, 1.165) is 49.8 Å². The minimum Gasteiger partial charge on any atom is -0.458 e. The molecule has 0 aliphatic rings. The molecule has 0 unspecified atom stereocenters. The zero-order valence-corrected chi connectivity index (χ0v) is 39.0. The smallest absolute Gasteiger partial charge is 0.269 e. The molecule has 0 radical (unpaired) electrons. The van der Waals surface area contributed by atoms with Gasteiger partial charge in [-0.25, -0.2) is 4.98 Å². The molecule has 0 spiro atoms. The molecule has 3 heterocycles. The van der Waals surface area contributed by atoms with Crippen molar-refractivity contribution in [2.45, 2.75) is 85.4 Å². The van der Waals surface area contributed by atoms with Crippen molar-refractivity contribution in [3.8, 4) is 50.9 Å². The summed E-state index contributed by atoms with van der Waals surface area (Å²) in [5, 5.41) is 1.78. The van der Waals surface area contributed by atoms with E-state index in [-0.39, 0.29) is 38.8 Å². The van der Waals surface area contributed by atoms with Gasteiger partial charge in [0.15, 0.2) is 0 Å². The lowest BCUT2D eigenvalue weighted by Crippen LogP contribution is -2.35. The number of rotatable bonds is 7. The summed E-state index contributed by atoms with van der Waals surface area (Å²) >= 11 is 0. The van der Waals surface area contributed by atoms with Crippen molar-refractivity contribution in [2.24, 2.45) is 0 Å². The minimum atomic E-state index is -2.73. The van der Waals surface area contributed by atoms with Gasteiger partial charge < -0.3 is 4.74 Å². The monoisotopic (exact) mass is 871 g/mol. The summed E-state index contributed by atoms with van der Waals surface area (Å²) in [7, 11) is 0. The van der Waals surface area contributed by atoms with Gasteiger partial charge in [0, 0.05) is 32.7 Å². The van der Waals surface area contributed by atoms with Crippen LogP contribution in [0.4, 0.5) is 0 Å². The van der Waals surface area contributed by atoms with Gasteiger partial charge in [-0.15, -0.1) is 0 Å². The lowest BCUT2D eigenvalue weighted by Gasteiger charge is -2.30. The molecule has 0 aliphatic carbocycles. The van der Waals surface area contributed by atoms with Gasteiger partial charge in [0.2, 0.25) is 0 Å². The molecule has 10 aromatic rings. The van der Waals surface area contributed by atoms with Crippen LogP contribution < -0.4 is 9.30 Å². The van der Waals surface area contributed by atoms with E-state index in [2.05, 4.69) is 132 Å². The van der Waals surface area contributed by atoms with Gasteiger partial charge in [-0.3, -0.25) is 13.7 Å². The second kappa shape index (κ2) is 16.0. The van der Waals surface area contributed by atoms with Gasteiger partial charge in [0.05, 0.1) is 40.3 Å². The van der Waals surface area contributed by atoms with Crippen molar-refractivity contribution in [3.63, 3.8) is 0 Å². The topological polar surface area (TPSA) is 35.9 Å². The molecule has 5 nitrogen and oxygen atoms in total. The molecule has 328 valence electrons. The molecule has 66 heavy (non-hydrogen) atoms. The third kappa shape index (κ3) is 7.76. The van der Waals surface area contributed by atoms with Gasteiger partial charge in [0.25, 0.3) is 6.33 Å². The number of ether oxygens (including phenoxy) is 1. The highest BCUT2D eigenvalue weighted by Gasteiger charge is 2.29. The molecule has 0 saturated carbocycles. The van der Waals surface area contributed by atoms with E-state index in [4.69, 9.17) is 20.7 Å². The highest BCUT2D eigenvalue weighted by Crippen LogP contribution is 2.41. The summed E-state index contributed by atoms with van der Waals surface area (Å²) in [6.45, 7) is 17.7. The summed E-state index contributed by atoms with van der Waals surface area (Å²) in [6.07, 6.45) is 5.12. The largest absolute Gasteiger partial charge is 0.458 e. The van der Waals surface area contributed by atoms with Crippen LogP contribution in [0.25, 0.3) is 72.3 Å². The number of hydrogen-bond acceptors (Lipinski definition) is 2. The number of fused-ring (bicyclic) bond motifs is 4. The number of aromatic nitrogens is 4. The molecule has 0 saturated heterocycles. The first-order valence-electron chi connectivity index (χ1n) is 26.5. The van der Waals surface area contributed by atoms with E-state index >= 15 is 0 Å². The Morgan fingerprint density at radius 2 is 1.30 bits per heavy atom. The standard InChI is InChI=1S/C61H58N4O/c1-40-32-57(62-38-51(40)41-20-12-11-13-21-41)65-53-27-15-14-26-48(53)49-31-30-47(37-56(49)65)66-46-25-19-24-45(36-46)63-39-64(55-29-17-16-28-54(55)63)58-50(42-22-18-23-43(33-42)59(2,3)4)34-44(60(5,6)7)35-52(58)61(8,9)10/h11-38H,1-10H3/i1D3,11D,12D,13D,20D,21D. The van der Waals surface area contributed by atoms with Crippen LogP contribution in [0.2, 0.25) is 0 Å². The van der Waals surface area contributed by atoms with Crippen molar-refractivity contribution in [3.05, 3.63) is 198 Å². The average Bonchev–Trinajstić information content (AvgIpc) is 3.90. The number of aryl methyl sites for hydroxylation is 1. The molecule has 3 aromatic heterocycles. The Kier molecular flexibility index (Phi) is 8.29. The van der Waals surface area contributed by atoms with Crippen molar-refractivity contribution >= 4 is 32.8 Å². The summed E-state index contributed by atoms with van der Waals surface area (Å²) < 4.78 is 80.6. The number of pyridine rings is 1. The van der Waals surface area contributed by atoms with Gasteiger partial charge in [-0.2, -0.15) is 0 Å². The van der Waals surface area contributed by atoms with E-state index in [0.29, 0.717) is 17.0 Å². The molecule has 10 rings (SSSR count). The Morgan fingerprint density at radius 1 is 0.591 bits per heavy atom.